The average molecular weight is 398 g/mol. The molecule has 1 atom stereocenters. The molecule has 28 heavy (non-hydrogen) atoms. The fourth-order valence-corrected chi connectivity index (χ4v) is 3.74. The molecule has 0 aromatic heterocycles. The molecule has 1 aromatic rings. The van der Waals surface area contributed by atoms with Crippen LogP contribution in [0.5, 0.6) is 0 Å². The molecular formula is C19H21F3N2O4. The maximum atomic E-state index is 12.9. The number of anilines is 1. The lowest BCUT2D eigenvalue weighted by Crippen LogP contribution is -2.35. The van der Waals surface area contributed by atoms with Crippen LogP contribution in [0.4, 0.5) is 18.9 Å². The standard InChI is InChI=1S/C19H21F3N2O4/c20-19(21,22)14-7-3-4-8-15(14)23-16(25)11-28-18(27)12-9-17(26)24(10-12)13-5-1-2-6-13/h3-4,7-8,12-13H,1-2,5-6,9-11H2,(H,23,25)/t12-/m0/s1. The Morgan fingerprint density at radius 3 is 2.54 bits per heavy atom. The van der Waals surface area contributed by atoms with Crippen molar-refractivity contribution in [1.82, 2.24) is 4.90 Å². The number of carbonyl (C=O) groups is 3. The SMILES string of the molecule is O=C(COC(=O)[C@H]1CC(=O)N(C2CCCC2)C1)Nc1ccccc1C(F)(F)F. The third-order valence-corrected chi connectivity index (χ3v) is 5.11. The number of benzene rings is 1. The van der Waals surface area contributed by atoms with E-state index in [1.807, 2.05) is 0 Å². The summed E-state index contributed by atoms with van der Waals surface area (Å²) in [5, 5.41) is 2.11. The van der Waals surface area contributed by atoms with E-state index in [1.165, 1.54) is 12.1 Å². The highest BCUT2D eigenvalue weighted by atomic mass is 19.4. The van der Waals surface area contributed by atoms with Gasteiger partial charge in [-0.2, -0.15) is 13.2 Å². The second-order valence-electron chi connectivity index (χ2n) is 7.08. The number of rotatable bonds is 5. The van der Waals surface area contributed by atoms with Crippen molar-refractivity contribution in [3.63, 3.8) is 0 Å². The largest absolute Gasteiger partial charge is 0.455 e. The van der Waals surface area contributed by atoms with Gasteiger partial charge in [-0.1, -0.05) is 25.0 Å². The second-order valence-corrected chi connectivity index (χ2v) is 7.08. The summed E-state index contributed by atoms with van der Waals surface area (Å²) in [5.74, 6) is -2.31. The molecule has 152 valence electrons. The number of para-hydroxylation sites is 1. The predicted molar refractivity (Wildman–Crippen MR) is 93.1 cm³/mol. The third kappa shape index (κ3) is 4.63. The number of ether oxygens (including phenoxy) is 1. The van der Waals surface area contributed by atoms with Gasteiger partial charge in [-0.25, -0.2) is 0 Å². The summed E-state index contributed by atoms with van der Waals surface area (Å²) in [4.78, 5) is 37.9. The number of alkyl halides is 3. The van der Waals surface area contributed by atoms with Crippen LogP contribution >= 0.6 is 0 Å². The van der Waals surface area contributed by atoms with E-state index in [4.69, 9.17) is 4.74 Å². The molecule has 1 saturated carbocycles. The highest BCUT2D eigenvalue weighted by molar-refractivity contribution is 5.94. The minimum atomic E-state index is -4.62. The van der Waals surface area contributed by atoms with Crippen LogP contribution in [-0.4, -0.2) is 41.9 Å². The first-order valence-electron chi connectivity index (χ1n) is 9.18. The number of carbonyl (C=O) groups excluding carboxylic acids is 3. The number of esters is 1. The van der Waals surface area contributed by atoms with Crippen molar-refractivity contribution >= 4 is 23.5 Å². The van der Waals surface area contributed by atoms with Crippen LogP contribution < -0.4 is 5.32 Å². The number of halogens is 3. The summed E-state index contributed by atoms with van der Waals surface area (Å²) in [7, 11) is 0. The van der Waals surface area contributed by atoms with Crippen LogP contribution in [-0.2, 0) is 25.3 Å². The van der Waals surface area contributed by atoms with E-state index < -0.39 is 41.8 Å². The second kappa shape index (κ2) is 8.20. The van der Waals surface area contributed by atoms with Gasteiger partial charge in [0.25, 0.3) is 5.91 Å². The smallest absolute Gasteiger partial charge is 0.418 e. The van der Waals surface area contributed by atoms with Gasteiger partial charge < -0.3 is 15.0 Å². The molecule has 2 aliphatic rings. The number of nitrogens with one attached hydrogen (secondary N) is 1. The molecule has 2 amide bonds. The van der Waals surface area contributed by atoms with Gasteiger partial charge in [0.1, 0.15) is 0 Å². The fourth-order valence-electron chi connectivity index (χ4n) is 3.74. The lowest BCUT2D eigenvalue weighted by Gasteiger charge is -2.23. The van der Waals surface area contributed by atoms with Gasteiger partial charge in [-0.05, 0) is 25.0 Å². The van der Waals surface area contributed by atoms with Gasteiger partial charge in [0.2, 0.25) is 5.91 Å². The van der Waals surface area contributed by atoms with Crippen LogP contribution in [0.1, 0.15) is 37.7 Å². The molecule has 0 unspecified atom stereocenters. The van der Waals surface area contributed by atoms with Crippen LogP contribution in [0.15, 0.2) is 24.3 Å². The Hall–Kier alpha value is -2.58. The Kier molecular flexibility index (Phi) is 5.90. The van der Waals surface area contributed by atoms with Crippen molar-refractivity contribution in [2.45, 2.75) is 44.3 Å². The minimum Gasteiger partial charge on any atom is -0.455 e. The van der Waals surface area contributed by atoms with Crippen LogP contribution in [0.25, 0.3) is 0 Å². The Morgan fingerprint density at radius 2 is 1.86 bits per heavy atom. The molecule has 3 rings (SSSR count). The first-order chi connectivity index (χ1) is 13.3. The Balaban J connectivity index is 1.51. The van der Waals surface area contributed by atoms with Crippen molar-refractivity contribution in [2.24, 2.45) is 5.92 Å². The van der Waals surface area contributed by atoms with E-state index in [0.29, 0.717) is 0 Å². The molecule has 2 fully saturated rings. The van der Waals surface area contributed by atoms with Crippen molar-refractivity contribution in [3.05, 3.63) is 29.8 Å². The predicted octanol–water partition coefficient (Wildman–Crippen LogP) is 2.98. The fraction of sp³-hybridized carbons (Fsp3) is 0.526. The van der Waals surface area contributed by atoms with Gasteiger partial charge in [0.05, 0.1) is 17.2 Å². The normalized spacial score (nSPS) is 20.5. The molecule has 1 heterocycles. The van der Waals surface area contributed by atoms with Gasteiger partial charge in [-0.3, -0.25) is 14.4 Å². The summed E-state index contributed by atoms with van der Waals surface area (Å²) in [6.07, 6.45) is -0.613. The lowest BCUT2D eigenvalue weighted by molar-refractivity contribution is -0.151. The highest BCUT2D eigenvalue weighted by Crippen LogP contribution is 2.34. The van der Waals surface area contributed by atoms with E-state index in [-0.39, 0.29) is 24.9 Å². The van der Waals surface area contributed by atoms with Gasteiger partial charge >= 0.3 is 12.1 Å². The number of nitrogens with zero attached hydrogens (tertiary/aromatic N) is 1. The number of hydrogen-bond acceptors (Lipinski definition) is 4. The first-order valence-corrected chi connectivity index (χ1v) is 9.18. The first kappa shape index (κ1) is 20.2. The van der Waals surface area contributed by atoms with Crippen molar-refractivity contribution in [2.75, 3.05) is 18.5 Å². The molecule has 1 aliphatic carbocycles. The van der Waals surface area contributed by atoms with Gasteiger partial charge in [0, 0.05) is 19.0 Å². The molecule has 1 saturated heterocycles. The van der Waals surface area contributed by atoms with Gasteiger partial charge in [-0.15, -0.1) is 0 Å². The van der Waals surface area contributed by atoms with Crippen molar-refractivity contribution in [3.8, 4) is 0 Å². The number of amides is 2. The van der Waals surface area contributed by atoms with E-state index in [0.717, 1.165) is 37.8 Å². The van der Waals surface area contributed by atoms with Gasteiger partial charge in [0.15, 0.2) is 6.61 Å². The highest BCUT2D eigenvalue weighted by Gasteiger charge is 2.39. The zero-order valence-electron chi connectivity index (χ0n) is 15.1. The topological polar surface area (TPSA) is 75.7 Å². The molecule has 1 aromatic carbocycles. The molecule has 0 bridgehead atoms. The number of hydrogen-bond donors (Lipinski definition) is 1. The van der Waals surface area contributed by atoms with Crippen molar-refractivity contribution < 1.29 is 32.3 Å². The summed E-state index contributed by atoms with van der Waals surface area (Å²) in [6, 6.07) is 4.71. The molecule has 6 nitrogen and oxygen atoms in total. The zero-order valence-corrected chi connectivity index (χ0v) is 15.1. The molecule has 0 spiro atoms. The zero-order chi connectivity index (χ0) is 20.3. The maximum Gasteiger partial charge on any atom is 0.418 e. The molecular weight excluding hydrogens is 377 g/mol. The molecule has 1 aliphatic heterocycles. The summed E-state index contributed by atoms with van der Waals surface area (Å²) in [5.41, 5.74) is -1.39. The lowest BCUT2D eigenvalue weighted by atomic mass is 10.1. The van der Waals surface area contributed by atoms with Crippen molar-refractivity contribution in [1.29, 1.82) is 0 Å². The Bertz CT molecular complexity index is 760. The third-order valence-electron chi connectivity index (χ3n) is 5.11. The molecule has 1 N–H and O–H groups in total. The van der Waals surface area contributed by atoms with Crippen LogP contribution in [0.2, 0.25) is 0 Å². The molecule has 9 heteroatoms. The number of likely N-dealkylation sites (tertiary alicyclic amines) is 1. The monoisotopic (exact) mass is 398 g/mol. The summed E-state index contributed by atoms with van der Waals surface area (Å²) in [6.45, 7) is -0.444. The minimum absolute atomic E-state index is 0.0356. The Labute approximate surface area is 160 Å². The van der Waals surface area contributed by atoms with Crippen LogP contribution in [0, 0.1) is 5.92 Å². The Morgan fingerprint density at radius 1 is 1.18 bits per heavy atom. The van der Waals surface area contributed by atoms with E-state index >= 15 is 0 Å². The molecule has 0 radical (unpaired) electrons. The summed E-state index contributed by atoms with van der Waals surface area (Å²) < 4.78 is 43.8. The van der Waals surface area contributed by atoms with Crippen LogP contribution in [0.3, 0.4) is 0 Å². The van der Waals surface area contributed by atoms with E-state index in [1.54, 1.807) is 4.90 Å². The van der Waals surface area contributed by atoms with E-state index in [2.05, 4.69) is 5.32 Å². The quantitative estimate of drug-likeness (QED) is 0.774. The average Bonchev–Trinajstić information content (AvgIpc) is 3.28. The maximum absolute atomic E-state index is 12.9. The van der Waals surface area contributed by atoms with E-state index in [9.17, 15) is 27.6 Å². The summed E-state index contributed by atoms with van der Waals surface area (Å²) >= 11 is 0.